The Kier molecular flexibility index (Phi) is 6.53. The first-order valence-corrected chi connectivity index (χ1v) is 19.2. The van der Waals surface area contributed by atoms with E-state index in [0.29, 0.717) is 11.4 Å². The first kappa shape index (κ1) is 30.5. The molecular formula is C50H28N2O2S. The second-order valence-corrected chi connectivity index (χ2v) is 15.2. The summed E-state index contributed by atoms with van der Waals surface area (Å²) in [6.07, 6.45) is 0. The molecule has 0 aliphatic carbocycles. The number of hydrogen-bond acceptors (Lipinski definition) is 5. The van der Waals surface area contributed by atoms with Crippen LogP contribution in [-0.2, 0) is 0 Å². The van der Waals surface area contributed by atoms with Crippen LogP contribution in [0.5, 0.6) is 0 Å². The monoisotopic (exact) mass is 720 g/mol. The standard InChI is InChI=1S/C50H28N2O2S/c1-2-10-29(11-3-1)30-12-8-13-31(26-30)32-21-24-44-40(27-32)36-17-9-16-35-37(22-25-45(55-44)46(35)36)50-51-47(49-48(52-50)38-15-5-7-19-42(38)54-49)33-20-23-43-39(28-33)34-14-4-6-18-41(34)53-43/h1-28H. The van der Waals surface area contributed by atoms with Crippen LogP contribution in [0.3, 0.4) is 0 Å². The Labute approximate surface area is 319 Å². The van der Waals surface area contributed by atoms with Crippen LogP contribution in [-0.4, -0.2) is 9.97 Å². The molecule has 4 heterocycles. The van der Waals surface area contributed by atoms with E-state index in [1.807, 2.05) is 54.2 Å². The quantitative estimate of drug-likeness (QED) is 0.181. The van der Waals surface area contributed by atoms with Crippen molar-refractivity contribution >= 4 is 66.5 Å². The van der Waals surface area contributed by atoms with E-state index in [9.17, 15) is 0 Å². The van der Waals surface area contributed by atoms with E-state index in [0.717, 1.165) is 60.6 Å². The summed E-state index contributed by atoms with van der Waals surface area (Å²) >= 11 is 1.83. The maximum Gasteiger partial charge on any atom is 0.180 e. The molecule has 1 aliphatic rings. The SMILES string of the molecule is c1ccc(-c2cccc(-c3ccc4c(c3)-c3cccc5c(-c6nc(-c7ccc8oc9ccccc9c8c7)c7oc8ccccc8c7n6)ccc(c35)S4)c2)cc1. The molecule has 55 heavy (non-hydrogen) atoms. The van der Waals surface area contributed by atoms with Crippen LogP contribution in [0.1, 0.15) is 0 Å². The number of benzene rings is 8. The average Bonchev–Trinajstić information content (AvgIpc) is 3.82. The van der Waals surface area contributed by atoms with Gasteiger partial charge in [-0.05, 0) is 105 Å². The minimum absolute atomic E-state index is 0.664. The zero-order valence-corrected chi connectivity index (χ0v) is 30.1. The van der Waals surface area contributed by atoms with Gasteiger partial charge < -0.3 is 8.83 Å². The molecule has 0 radical (unpaired) electrons. The lowest BCUT2D eigenvalue weighted by Crippen LogP contribution is -1.98. The molecule has 0 N–H and O–H groups in total. The number of nitrogens with zero attached hydrogens (tertiary/aromatic N) is 2. The highest BCUT2D eigenvalue weighted by molar-refractivity contribution is 7.99. The Morgan fingerprint density at radius 2 is 1.05 bits per heavy atom. The van der Waals surface area contributed by atoms with Gasteiger partial charge in [0.1, 0.15) is 28.0 Å². The van der Waals surface area contributed by atoms with Crippen LogP contribution in [0.25, 0.3) is 111 Å². The van der Waals surface area contributed by atoms with Gasteiger partial charge in [-0.2, -0.15) is 0 Å². The lowest BCUT2D eigenvalue weighted by molar-refractivity contribution is 0.666. The second kappa shape index (κ2) is 11.8. The van der Waals surface area contributed by atoms with Gasteiger partial charge in [-0.25, -0.2) is 9.97 Å². The Hall–Kier alpha value is -6.95. The number of fused-ring (bicyclic) bond motifs is 8. The van der Waals surface area contributed by atoms with Crippen molar-refractivity contribution in [1.29, 1.82) is 0 Å². The van der Waals surface area contributed by atoms with Crippen LogP contribution in [0.4, 0.5) is 0 Å². The van der Waals surface area contributed by atoms with Crippen molar-refractivity contribution in [3.8, 4) is 56.0 Å². The van der Waals surface area contributed by atoms with E-state index in [1.165, 1.54) is 48.6 Å². The van der Waals surface area contributed by atoms with Gasteiger partial charge in [0.25, 0.3) is 0 Å². The predicted molar refractivity (Wildman–Crippen MR) is 225 cm³/mol. The summed E-state index contributed by atoms with van der Waals surface area (Å²) in [5.74, 6) is 0.664. The van der Waals surface area contributed by atoms with Gasteiger partial charge >= 0.3 is 0 Å². The largest absolute Gasteiger partial charge is 0.456 e. The Balaban J connectivity index is 1.04. The first-order valence-electron chi connectivity index (χ1n) is 18.4. The summed E-state index contributed by atoms with van der Waals surface area (Å²) in [5.41, 5.74) is 13.9. The molecule has 0 atom stereocenters. The average molecular weight is 721 g/mol. The van der Waals surface area contributed by atoms with Crippen molar-refractivity contribution in [2.75, 3.05) is 0 Å². The van der Waals surface area contributed by atoms with Gasteiger partial charge in [0.2, 0.25) is 0 Å². The molecule has 1 aliphatic heterocycles. The van der Waals surface area contributed by atoms with Crippen LogP contribution >= 0.6 is 11.8 Å². The van der Waals surface area contributed by atoms with E-state index in [1.54, 1.807) is 0 Å². The molecular weight excluding hydrogens is 693 g/mol. The van der Waals surface area contributed by atoms with Gasteiger partial charge in [-0.3, -0.25) is 0 Å². The Morgan fingerprint density at radius 3 is 1.95 bits per heavy atom. The van der Waals surface area contributed by atoms with Crippen molar-refractivity contribution < 1.29 is 8.83 Å². The minimum atomic E-state index is 0.664. The fourth-order valence-electron chi connectivity index (χ4n) is 8.30. The van der Waals surface area contributed by atoms with Crippen LogP contribution in [0, 0.1) is 0 Å². The molecule has 256 valence electrons. The lowest BCUT2D eigenvalue weighted by Gasteiger charge is -2.22. The predicted octanol–water partition coefficient (Wildman–Crippen LogP) is 14.2. The number of aromatic nitrogens is 2. The van der Waals surface area contributed by atoms with E-state index >= 15 is 0 Å². The fraction of sp³-hybridized carbons (Fsp3) is 0. The summed E-state index contributed by atoms with van der Waals surface area (Å²) in [6, 6.07) is 59.8. The summed E-state index contributed by atoms with van der Waals surface area (Å²) in [4.78, 5) is 13.1. The number of hydrogen-bond donors (Lipinski definition) is 0. The zero-order chi connectivity index (χ0) is 36.0. The third kappa shape index (κ3) is 4.73. The van der Waals surface area contributed by atoms with Crippen LogP contribution in [0.2, 0.25) is 0 Å². The summed E-state index contributed by atoms with van der Waals surface area (Å²) in [7, 11) is 0. The van der Waals surface area contributed by atoms with Gasteiger partial charge in [-0.1, -0.05) is 115 Å². The zero-order valence-electron chi connectivity index (χ0n) is 29.3. The van der Waals surface area contributed by atoms with E-state index in [-0.39, 0.29) is 0 Å². The smallest absolute Gasteiger partial charge is 0.180 e. The topological polar surface area (TPSA) is 52.1 Å². The molecule has 5 heteroatoms. The summed E-state index contributed by atoms with van der Waals surface area (Å²) in [5, 5.41) is 5.43. The molecule has 0 fully saturated rings. The molecule has 0 bridgehead atoms. The highest BCUT2D eigenvalue weighted by atomic mass is 32.2. The number of para-hydroxylation sites is 2. The lowest BCUT2D eigenvalue weighted by atomic mass is 9.92. The highest BCUT2D eigenvalue weighted by Gasteiger charge is 2.24. The van der Waals surface area contributed by atoms with Crippen molar-refractivity contribution in [2.24, 2.45) is 0 Å². The maximum absolute atomic E-state index is 6.53. The molecule has 12 rings (SSSR count). The molecule has 3 aromatic heterocycles. The van der Waals surface area contributed by atoms with Gasteiger partial charge in [0.15, 0.2) is 11.4 Å². The highest BCUT2D eigenvalue weighted by Crippen LogP contribution is 2.51. The Morgan fingerprint density at radius 1 is 0.382 bits per heavy atom. The van der Waals surface area contributed by atoms with E-state index in [2.05, 4.69) is 127 Å². The maximum atomic E-state index is 6.53. The fourth-order valence-corrected chi connectivity index (χ4v) is 9.41. The normalized spacial score (nSPS) is 12.3. The molecule has 0 amide bonds. The molecule has 0 saturated heterocycles. The molecule has 0 saturated carbocycles. The first-order chi connectivity index (χ1) is 27.2. The van der Waals surface area contributed by atoms with Crippen molar-refractivity contribution in [1.82, 2.24) is 9.97 Å². The third-order valence-corrected chi connectivity index (χ3v) is 12.0. The summed E-state index contributed by atoms with van der Waals surface area (Å²) in [6.45, 7) is 0. The van der Waals surface area contributed by atoms with E-state index < -0.39 is 0 Å². The van der Waals surface area contributed by atoms with Gasteiger partial charge in [0, 0.05) is 42.5 Å². The van der Waals surface area contributed by atoms with Crippen molar-refractivity contribution in [3.05, 3.63) is 170 Å². The van der Waals surface area contributed by atoms with Crippen LogP contribution in [0.15, 0.2) is 188 Å². The Bertz CT molecular complexity index is 3360. The second-order valence-electron chi connectivity index (χ2n) is 14.1. The van der Waals surface area contributed by atoms with Crippen LogP contribution < -0.4 is 0 Å². The van der Waals surface area contributed by atoms with Gasteiger partial charge in [0.05, 0.1) is 0 Å². The van der Waals surface area contributed by atoms with Gasteiger partial charge in [-0.15, -0.1) is 0 Å². The molecule has 11 aromatic rings. The minimum Gasteiger partial charge on any atom is -0.456 e. The molecule has 8 aromatic carbocycles. The van der Waals surface area contributed by atoms with Crippen molar-refractivity contribution in [2.45, 2.75) is 9.79 Å². The van der Waals surface area contributed by atoms with Crippen molar-refractivity contribution in [3.63, 3.8) is 0 Å². The number of furan rings is 2. The number of rotatable bonds is 4. The molecule has 0 spiro atoms. The molecule has 4 nitrogen and oxygen atoms in total. The third-order valence-electron chi connectivity index (χ3n) is 10.9. The summed E-state index contributed by atoms with van der Waals surface area (Å²) < 4.78 is 12.7. The van der Waals surface area contributed by atoms with E-state index in [4.69, 9.17) is 18.8 Å². The molecule has 0 unspecified atom stereocenters.